The van der Waals surface area contributed by atoms with E-state index in [-0.39, 0.29) is 17.4 Å². The second-order valence-electron chi connectivity index (χ2n) is 5.02. The molecule has 4 N–H and O–H groups in total. The molecule has 1 aromatic carbocycles. The van der Waals surface area contributed by atoms with Crippen molar-refractivity contribution in [1.82, 2.24) is 0 Å². The molecule has 3 nitrogen and oxygen atoms in total. The zero-order chi connectivity index (χ0) is 13.1. The Bertz CT molecular complexity index is 374. The number of halogens is 1. The minimum atomic E-state index is -0.303. The minimum Gasteiger partial charge on any atom is -0.496 e. The molecule has 1 rings (SSSR count). The van der Waals surface area contributed by atoms with Crippen molar-refractivity contribution < 1.29 is 9.13 Å². The summed E-state index contributed by atoms with van der Waals surface area (Å²) in [6.45, 7) is 3.89. The standard InChI is InChI=1S/C13H21FN2O/c1-13(2,16)7-6-11(15)10-8-9(14)4-5-12(10)17-3/h4-5,8,11H,6-7,15-16H2,1-3H3. The molecule has 1 atom stereocenters. The summed E-state index contributed by atoms with van der Waals surface area (Å²) >= 11 is 0. The summed E-state index contributed by atoms with van der Waals surface area (Å²) in [5.74, 6) is 0.317. The van der Waals surface area contributed by atoms with Gasteiger partial charge in [-0.3, -0.25) is 0 Å². The molecule has 96 valence electrons. The first-order valence-corrected chi connectivity index (χ1v) is 5.71. The molecule has 0 saturated carbocycles. The Morgan fingerprint density at radius 2 is 2.06 bits per heavy atom. The van der Waals surface area contributed by atoms with Gasteiger partial charge in [0.25, 0.3) is 0 Å². The van der Waals surface area contributed by atoms with Gasteiger partial charge in [0, 0.05) is 17.1 Å². The van der Waals surface area contributed by atoms with Crippen LogP contribution in [0.1, 0.15) is 38.3 Å². The van der Waals surface area contributed by atoms with E-state index in [2.05, 4.69) is 0 Å². The van der Waals surface area contributed by atoms with E-state index in [4.69, 9.17) is 16.2 Å². The summed E-state index contributed by atoms with van der Waals surface area (Å²) in [7, 11) is 1.55. The lowest BCUT2D eigenvalue weighted by Gasteiger charge is -2.22. The van der Waals surface area contributed by atoms with Crippen molar-refractivity contribution >= 4 is 0 Å². The van der Waals surface area contributed by atoms with Crippen molar-refractivity contribution in [2.45, 2.75) is 38.3 Å². The summed E-state index contributed by atoms with van der Waals surface area (Å²) in [4.78, 5) is 0. The van der Waals surface area contributed by atoms with Gasteiger partial charge in [-0.25, -0.2) is 4.39 Å². The van der Waals surface area contributed by atoms with Gasteiger partial charge in [-0.2, -0.15) is 0 Å². The largest absolute Gasteiger partial charge is 0.496 e. The van der Waals surface area contributed by atoms with E-state index in [9.17, 15) is 4.39 Å². The van der Waals surface area contributed by atoms with Gasteiger partial charge in [-0.1, -0.05) is 0 Å². The molecule has 0 aromatic heterocycles. The van der Waals surface area contributed by atoms with E-state index in [1.54, 1.807) is 13.2 Å². The van der Waals surface area contributed by atoms with Gasteiger partial charge in [-0.15, -0.1) is 0 Å². The van der Waals surface area contributed by atoms with Gasteiger partial charge in [0.15, 0.2) is 0 Å². The zero-order valence-corrected chi connectivity index (χ0v) is 10.7. The van der Waals surface area contributed by atoms with Crippen LogP contribution < -0.4 is 16.2 Å². The first kappa shape index (κ1) is 13.9. The average Bonchev–Trinajstić information content (AvgIpc) is 2.25. The lowest BCUT2D eigenvalue weighted by atomic mass is 9.93. The maximum absolute atomic E-state index is 13.2. The third kappa shape index (κ3) is 4.32. The van der Waals surface area contributed by atoms with Crippen molar-refractivity contribution in [3.63, 3.8) is 0 Å². The Morgan fingerprint density at radius 3 is 2.59 bits per heavy atom. The number of ether oxygens (including phenoxy) is 1. The van der Waals surface area contributed by atoms with Crippen LogP contribution in [0.15, 0.2) is 18.2 Å². The molecule has 0 spiro atoms. The van der Waals surface area contributed by atoms with Crippen LogP contribution in [0.5, 0.6) is 5.75 Å². The molecule has 17 heavy (non-hydrogen) atoms. The highest BCUT2D eigenvalue weighted by Gasteiger charge is 2.17. The SMILES string of the molecule is COc1ccc(F)cc1C(N)CCC(C)(C)N. The Kier molecular flexibility index (Phi) is 4.48. The summed E-state index contributed by atoms with van der Waals surface area (Å²) in [6, 6.07) is 4.12. The minimum absolute atomic E-state index is 0.261. The van der Waals surface area contributed by atoms with Crippen LogP contribution in [0.25, 0.3) is 0 Å². The van der Waals surface area contributed by atoms with Gasteiger partial charge in [0.1, 0.15) is 11.6 Å². The summed E-state index contributed by atoms with van der Waals surface area (Å²) in [5, 5.41) is 0. The number of hydrogen-bond donors (Lipinski definition) is 2. The zero-order valence-electron chi connectivity index (χ0n) is 10.7. The quantitative estimate of drug-likeness (QED) is 0.830. The average molecular weight is 240 g/mol. The monoisotopic (exact) mass is 240 g/mol. The van der Waals surface area contributed by atoms with Crippen molar-refractivity contribution in [3.05, 3.63) is 29.6 Å². The van der Waals surface area contributed by atoms with E-state index in [0.717, 1.165) is 6.42 Å². The number of nitrogens with two attached hydrogens (primary N) is 2. The van der Waals surface area contributed by atoms with Gasteiger partial charge < -0.3 is 16.2 Å². The molecule has 0 heterocycles. The Labute approximate surface area is 102 Å². The summed E-state index contributed by atoms with van der Waals surface area (Å²) in [5.41, 5.74) is 12.4. The first-order valence-electron chi connectivity index (χ1n) is 5.71. The van der Waals surface area contributed by atoms with E-state index < -0.39 is 0 Å². The maximum Gasteiger partial charge on any atom is 0.123 e. The predicted molar refractivity (Wildman–Crippen MR) is 67.4 cm³/mol. The molecule has 0 bridgehead atoms. The normalized spacial score (nSPS) is 13.5. The molecular formula is C13H21FN2O. The van der Waals surface area contributed by atoms with E-state index in [0.29, 0.717) is 17.7 Å². The molecule has 0 radical (unpaired) electrons. The molecule has 0 saturated heterocycles. The molecule has 1 unspecified atom stereocenters. The van der Waals surface area contributed by atoms with Crippen LogP contribution in [0, 0.1) is 5.82 Å². The number of benzene rings is 1. The lowest BCUT2D eigenvalue weighted by molar-refractivity contribution is 0.392. The molecule has 4 heteroatoms. The van der Waals surface area contributed by atoms with Gasteiger partial charge in [-0.05, 0) is 44.9 Å². The molecule has 0 aliphatic rings. The summed E-state index contributed by atoms with van der Waals surface area (Å²) in [6.07, 6.45) is 1.47. The third-order valence-electron chi connectivity index (χ3n) is 2.69. The first-order chi connectivity index (χ1) is 7.83. The van der Waals surface area contributed by atoms with Gasteiger partial charge in [0.05, 0.1) is 7.11 Å². The van der Waals surface area contributed by atoms with Crippen LogP contribution in [0.3, 0.4) is 0 Å². The number of hydrogen-bond acceptors (Lipinski definition) is 3. The maximum atomic E-state index is 13.2. The Hall–Kier alpha value is -1.13. The molecule has 0 aliphatic carbocycles. The third-order valence-corrected chi connectivity index (χ3v) is 2.69. The number of rotatable bonds is 5. The van der Waals surface area contributed by atoms with Gasteiger partial charge in [0.2, 0.25) is 0 Å². The summed E-state index contributed by atoms with van der Waals surface area (Å²) < 4.78 is 18.4. The van der Waals surface area contributed by atoms with Crippen LogP contribution in [0.4, 0.5) is 4.39 Å². The van der Waals surface area contributed by atoms with Crippen molar-refractivity contribution in [3.8, 4) is 5.75 Å². The fraction of sp³-hybridized carbons (Fsp3) is 0.538. The molecule has 0 amide bonds. The second kappa shape index (κ2) is 5.47. The lowest BCUT2D eigenvalue weighted by Crippen LogP contribution is -2.32. The van der Waals surface area contributed by atoms with Crippen LogP contribution in [-0.2, 0) is 0 Å². The smallest absolute Gasteiger partial charge is 0.123 e. The molecular weight excluding hydrogens is 219 g/mol. The second-order valence-corrected chi connectivity index (χ2v) is 5.02. The van der Waals surface area contributed by atoms with E-state index in [1.807, 2.05) is 13.8 Å². The van der Waals surface area contributed by atoms with Crippen LogP contribution in [0.2, 0.25) is 0 Å². The van der Waals surface area contributed by atoms with Crippen molar-refractivity contribution in [2.24, 2.45) is 11.5 Å². The Morgan fingerprint density at radius 1 is 1.41 bits per heavy atom. The predicted octanol–water partition coefficient (Wildman–Crippen LogP) is 2.35. The molecule has 0 fully saturated rings. The number of methoxy groups -OCH3 is 1. The van der Waals surface area contributed by atoms with Crippen molar-refractivity contribution in [1.29, 1.82) is 0 Å². The van der Waals surface area contributed by atoms with E-state index in [1.165, 1.54) is 12.1 Å². The fourth-order valence-corrected chi connectivity index (χ4v) is 1.68. The topological polar surface area (TPSA) is 61.3 Å². The van der Waals surface area contributed by atoms with Crippen molar-refractivity contribution in [2.75, 3.05) is 7.11 Å². The molecule has 1 aromatic rings. The Balaban J connectivity index is 2.80. The fourth-order valence-electron chi connectivity index (χ4n) is 1.68. The van der Waals surface area contributed by atoms with E-state index >= 15 is 0 Å². The molecule has 0 aliphatic heterocycles. The van der Waals surface area contributed by atoms with Crippen LogP contribution in [-0.4, -0.2) is 12.6 Å². The highest BCUT2D eigenvalue weighted by molar-refractivity contribution is 5.36. The highest BCUT2D eigenvalue weighted by Crippen LogP contribution is 2.28. The highest BCUT2D eigenvalue weighted by atomic mass is 19.1. The van der Waals surface area contributed by atoms with Gasteiger partial charge >= 0.3 is 0 Å². The van der Waals surface area contributed by atoms with Crippen LogP contribution >= 0.6 is 0 Å².